The molecule has 48 valence electrons. The summed E-state index contributed by atoms with van der Waals surface area (Å²) < 4.78 is 23.8. The molecule has 0 bridgehead atoms. The fraction of sp³-hybridized carbons (Fsp3) is 0.333. The molecule has 0 saturated carbocycles. The predicted molar refractivity (Wildman–Crippen MR) is 30.9 cm³/mol. The average Bonchev–Trinajstić information content (AvgIpc) is 1.59. The van der Waals surface area contributed by atoms with Gasteiger partial charge in [-0.05, 0) is 0 Å². The molecule has 0 unspecified atom stereocenters. The highest BCUT2D eigenvalue weighted by Gasteiger charge is 2.00. The molecule has 3 nitrogen and oxygen atoms in total. The Morgan fingerprint density at radius 1 is 1.75 bits per heavy atom. The molecule has 0 saturated heterocycles. The summed E-state index contributed by atoms with van der Waals surface area (Å²) in [6, 6.07) is 0. The summed E-state index contributed by atoms with van der Waals surface area (Å²) in [5.41, 5.74) is 0. The first kappa shape index (κ1) is 7.94. The number of rotatable bonds is 3. The van der Waals surface area contributed by atoms with Crippen molar-refractivity contribution < 1.29 is 12.6 Å². The lowest BCUT2D eigenvalue weighted by Crippen LogP contribution is -1.95. The van der Waals surface area contributed by atoms with Crippen LogP contribution in [0.25, 0.3) is 0 Å². The Kier molecular flexibility index (Phi) is 3.04. The lowest BCUT2D eigenvalue weighted by Gasteiger charge is -1.89. The number of hydrogen-bond donors (Lipinski definition) is 0. The van der Waals surface area contributed by atoms with E-state index in [1.165, 1.54) is 6.08 Å². The smallest absolute Gasteiger partial charge is 0.254 e. The highest BCUT2D eigenvalue weighted by Crippen LogP contribution is 1.96. The van der Waals surface area contributed by atoms with Crippen LogP contribution in [0, 0.1) is 0 Å². The van der Waals surface area contributed by atoms with E-state index < -0.39 is 9.33 Å². The van der Waals surface area contributed by atoms with Crippen molar-refractivity contribution in [3.05, 3.63) is 12.7 Å². The third-order valence-electron chi connectivity index (χ3n) is 0.327. The van der Waals surface area contributed by atoms with Crippen LogP contribution < -0.4 is 0 Å². The van der Waals surface area contributed by atoms with E-state index in [-0.39, 0.29) is 6.61 Å². The van der Waals surface area contributed by atoms with Crippen LogP contribution in [0.15, 0.2) is 12.7 Å². The standard InChI is InChI=1S/C3H5ClO3S/c1-2-3-7-8(4,5)6/h2H,1,3H2. The van der Waals surface area contributed by atoms with E-state index in [1.807, 2.05) is 0 Å². The zero-order valence-corrected chi connectivity index (χ0v) is 5.57. The largest absolute Gasteiger partial charge is 0.355 e. The van der Waals surface area contributed by atoms with E-state index >= 15 is 0 Å². The van der Waals surface area contributed by atoms with Gasteiger partial charge in [0.2, 0.25) is 0 Å². The monoisotopic (exact) mass is 156 g/mol. The Hall–Kier alpha value is -0.0600. The molecule has 0 atom stereocenters. The Balaban J connectivity index is 3.57. The van der Waals surface area contributed by atoms with Gasteiger partial charge in [-0.25, -0.2) is 0 Å². The van der Waals surface area contributed by atoms with Crippen LogP contribution in [0.3, 0.4) is 0 Å². The fourth-order valence-corrected chi connectivity index (χ4v) is 0.542. The van der Waals surface area contributed by atoms with Crippen molar-refractivity contribution >= 4 is 20.0 Å². The Morgan fingerprint density at radius 3 is 2.38 bits per heavy atom. The maximum absolute atomic E-state index is 9.89. The molecule has 5 heteroatoms. The normalized spacial score (nSPS) is 11.1. The first-order valence-electron chi connectivity index (χ1n) is 1.76. The summed E-state index contributed by atoms with van der Waals surface area (Å²) in [5, 5.41) is 0. The van der Waals surface area contributed by atoms with Gasteiger partial charge in [-0.1, -0.05) is 6.08 Å². The van der Waals surface area contributed by atoms with E-state index in [4.69, 9.17) is 0 Å². The lowest BCUT2D eigenvalue weighted by atomic mass is 10.7. The second kappa shape index (κ2) is 3.06. The van der Waals surface area contributed by atoms with Gasteiger partial charge in [-0.2, -0.15) is 8.42 Å². The number of hydrogen-bond acceptors (Lipinski definition) is 3. The minimum atomic E-state index is -3.79. The van der Waals surface area contributed by atoms with E-state index in [0.29, 0.717) is 0 Å². The van der Waals surface area contributed by atoms with E-state index in [9.17, 15) is 8.42 Å². The molecule has 0 aliphatic carbocycles. The molecular weight excluding hydrogens is 152 g/mol. The number of halogens is 1. The molecule has 0 rings (SSSR count). The van der Waals surface area contributed by atoms with Crippen LogP contribution in [-0.4, -0.2) is 15.0 Å². The molecule has 0 aromatic carbocycles. The van der Waals surface area contributed by atoms with Crippen molar-refractivity contribution in [2.45, 2.75) is 0 Å². The van der Waals surface area contributed by atoms with Gasteiger partial charge in [0.15, 0.2) is 0 Å². The van der Waals surface area contributed by atoms with Crippen molar-refractivity contribution in [3.63, 3.8) is 0 Å². The minimum absolute atomic E-state index is 0.0775. The molecule has 0 spiro atoms. The summed E-state index contributed by atoms with van der Waals surface area (Å²) in [6.07, 6.45) is 1.29. The molecule has 0 fully saturated rings. The highest BCUT2D eigenvalue weighted by atomic mass is 35.7. The van der Waals surface area contributed by atoms with E-state index in [0.717, 1.165) is 0 Å². The third kappa shape index (κ3) is 5.94. The summed E-state index contributed by atoms with van der Waals surface area (Å²) in [7, 11) is 0.829. The van der Waals surface area contributed by atoms with Crippen LogP contribution in [0.5, 0.6) is 0 Å². The van der Waals surface area contributed by atoms with Crippen LogP contribution >= 0.6 is 10.7 Å². The second-order valence-corrected chi connectivity index (χ2v) is 3.12. The second-order valence-electron chi connectivity index (χ2n) is 0.966. The topological polar surface area (TPSA) is 43.4 Å². The van der Waals surface area contributed by atoms with Gasteiger partial charge in [0.05, 0.1) is 6.61 Å². The molecule has 0 aliphatic rings. The van der Waals surface area contributed by atoms with Gasteiger partial charge in [-0.3, -0.25) is 4.18 Å². The Labute approximate surface area is 52.5 Å². The Morgan fingerprint density at radius 2 is 2.25 bits per heavy atom. The molecule has 8 heavy (non-hydrogen) atoms. The Bertz CT molecular complexity index is 159. The zero-order chi connectivity index (χ0) is 6.62. The van der Waals surface area contributed by atoms with E-state index in [1.54, 1.807) is 0 Å². The quantitative estimate of drug-likeness (QED) is 0.446. The molecular formula is C3H5ClO3S. The molecule has 0 amide bonds. The molecule has 0 aromatic rings. The summed E-state index contributed by atoms with van der Waals surface area (Å²) in [5.74, 6) is 0. The van der Waals surface area contributed by atoms with Crippen molar-refractivity contribution in [3.8, 4) is 0 Å². The minimum Gasteiger partial charge on any atom is -0.254 e. The van der Waals surface area contributed by atoms with Gasteiger partial charge in [-0.15, -0.1) is 6.58 Å². The predicted octanol–water partition coefficient (Wildman–Crippen LogP) is 0.673. The highest BCUT2D eigenvalue weighted by molar-refractivity contribution is 8.09. The zero-order valence-electron chi connectivity index (χ0n) is 4.00. The average molecular weight is 157 g/mol. The van der Waals surface area contributed by atoms with Gasteiger partial charge < -0.3 is 0 Å². The van der Waals surface area contributed by atoms with Gasteiger partial charge >= 0.3 is 9.33 Å². The van der Waals surface area contributed by atoms with Crippen molar-refractivity contribution in [1.82, 2.24) is 0 Å². The van der Waals surface area contributed by atoms with Crippen molar-refractivity contribution in [2.24, 2.45) is 0 Å². The summed E-state index contributed by atoms with van der Waals surface area (Å²) in [4.78, 5) is 0. The maximum atomic E-state index is 9.89. The third-order valence-corrected chi connectivity index (χ3v) is 1.01. The van der Waals surface area contributed by atoms with Crippen LogP contribution in [0.1, 0.15) is 0 Å². The first-order chi connectivity index (χ1) is 3.56. The molecule has 0 aliphatic heterocycles. The first-order valence-corrected chi connectivity index (χ1v) is 3.99. The molecule has 0 aromatic heterocycles. The van der Waals surface area contributed by atoms with Crippen LogP contribution in [0.2, 0.25) is 0 Å². The van der Waals surface area contributed by atoms with Crippen LogP contribution in [0.4, 0.5) is 0 Å². The van der Waals surface area contributed by atoms with Crippen molar-refractivity contribution in [2.75, 3.05) is 6.61 Å². The SMILES string of the molecule is C=CCOS(=O)(=O)Cl. The fourth-order valence-electron chi connectivity index (χ4n) is 0.129. The summed E-state index contributed by atoms with van der Waals surface area (Å²) >= 11 is 0. The summed E-state index contributed by atoms with van der Waals surface area (Å²) in [6.45, 7) is 3.14. The van der Waals surface area contributed by atoms with Crippen LogP contribution in [-0.2, 0) is 13.5 Å². The van der Waals surface area contributed by atoms with Gasteiger partial charge in [0, 0.05) is 10.7 Å². The molecule has 0 N–H and O–H groups in total. The molecule has 0 heterocycles. The van der Waals surface area contributed by atoms with Gasteiger partial charge in [0.25, 0.3) is 0 Å². The van der Waals surface area contributed by atoms with Gasteiger partial charge in [0.1, 0.15) is 0 Å². The maximum Gasteiger partial charge on any atom is 0.355 e. The van der Waals surface area contributed by atoms with E-state index in [2.05, 4.69) is 21.4 Å². The lowest BCUT2D eigenvalue weighted by molar-refractivity contribution is 0.369. The molecule has 0 radical (unpaired) electrons. The van der Waals surface area contributed by atoms with Crippen molar-refractivity contribution in [1.29, 1.82) is 0 Å².